The zero-order valence-corrected chi connectivity index (χ0v) is 10.3. The van der Waals surface area contributed by atoms with Gasteiger partial charge >= 0.3 is 0 Å². The number of nitrogens with one attached hydrogen (secondary N) is 1. The minimum atomic E-state index is -1.21. The Kier molecular flexibility index (Phi) is 2.70. The molecule has 5 nitrogen and oxygen atoms in total. The lowest BCUT2D eigenvalue weighted by molar-refractivity contribution is -0.255. The van der Waals surface area contributed by atoms with Gasteiger partial charge in [-0.2, -0.15) is 5.26 Å². The third-order valence-corrected chi connectivity index (χ3v) is 3.01. The number of carboxylic acids is 1. The van der Waals surface area contributed by atoms with E-state index in [0.717, 1.165) is 16.6 Å². The Morgan fingerprint density at radius 2 is 1.95 bits per heavy atom. The lowest BCUT2D eigenvalue weighted by Gasteiger charge is -2.02. The van der Waals surface area contributed by atoms with Gasteiger partial charge in [0.2, 0.25) is 0 Å². The van der Waals surface area contributed by atoms with Crippen LogP contribution in [0.25, 0.3) is 22.4 Å². The molecule has 0 amide bonds. The second kappa shape index (κ2) is 4.52. The van der Waals surface area contributed by atoms with E-state index in [-0.39, 0.29) is 5.56 Å². The number of nitriles is 1. The predicted octanol–water partition coefficient (Wildman–Crippen LogP) is 1.47. The smallest absolute Gasteiger partial charge is 0.138 e. The van der Waals surface area contributed by atoms with Crippen molar-refractivity contribution in [3.63, 3.8) is 0 Å². The van der Waals surface area contributed by atoms with E-state index >= 15 is 0 Å². The largest absolute Gasteiger partial charge is 0.545 e. The molecule has 20 heavy (non-hydrogen) atoms. The lowest BCUT2D eigenvalue weighted by Crippen LogP contribution is -2.21. The highest BCUT2D eigenvalue weighted by atomic mass is 16.4. The summed E-state index contributed by atoms with van der Waals surface area (Å²) in [5.74, 6) is -0.584. The Morgan fingerprint density at radius 1 is 1.20 bits per heavy atom. The molecule has 96 valence electrons. The normalized spacial score (nSPS) is 10.3. The van der Waals surface area contributed by atoms with Crippen LogP contribution in [0.15, 0.2) is 42.5 Å². The van der Waals surface area contributed by atoms with Crippen LogP contribution in [0.5, 0.6) is 0 Å². The molecule has 0 spiro atoms. The minimum absolute atomic E-state index is 0.122. The number of aromatic carboxylic acids is 1. The number of aromatic amines is 1. The minimum Gasteiger partial charge on any atom is -0.545 e. The molecule has 0 saturated carbocycles. The third-order valence-electron chi connectivity index (χ3n) is 3.01. The number of aromatic nitrogens is 2. The fraction of sp³-hybridized carbons (Fsp3) is 0. The van der Waals surface area contributed by atoms with Crippen LogP contribution in [0.2, 0.25) is 0 Å². The molecule has 1 N–H and O–H groups in total. The molecule has 0 aliphatic carbocycles. The van der Waals surface area contributed by atoms with Crippen LogP contribution < -0.4 is 5.11 Å². The van der Waals surface area contributed by atoms with Gasteiger partial charge in [0.05, 0.1) is 28.6 Å². The van der Waals surface area contributed by atoms with Crippen molar-refractivity contribution in [1.29, 1.82) is 5.26 Å². The van der Waals surface area contributed by atoms with E-state index in [4.69, 9.17) is 5.26 Å². The highest BCUT2D eigenvalue weighted by Gasteiger charge is 2.06. The van der Waals surface area contributed by atoms with Crippen LogP contribution in [-0.2, 0) is 0 Å². The molecule has 0 fully saturated rings. The van der Waals surface area contributed by atoms with E-state index < -0.39 is 5.97 Å². The number of H-pyrrole nitrogens is 1. The van der Waals surface area contributed by atoms with Gasteiger partial charge in [-0.05, 0) is 23.8 Å². The quantitative estimate of drug-likeness (QED) is 0.756. The van der Waals surface area contributed by atoms with Gasteiger partial charge in [0.15, 0.2) is 0 Å². The van der Waals surface area contributed by atoms with Crippen LogP contribution in [-0.4, -0.2) is 15.9 Å². The van der Waals surface area contributed by atoms with Gasteiger partial charge in [-0.25, -0.2) is 4.98 Å². The first-order chi connectivity index (χ1) is 9.67. The van der Waals surface area contributed by atoms with Crippen LogP contribution in [0.3, 0.4) is 0 Å². The number of nitrogens with zero attached hydrogens (tertiary/aromatic N) is 2. The first-order valence-electron chi connectivity index (χ1n) is 5.89. The standard InChI is InChI=1S/C15H9N3O2/c16-8-9-1-6-12-13(7-9)18-14(17-12)10-2-4-11(5-3-10)15(19)20/h1-7H,(H,17,18)(H,19,20)/p-1. The van der Waals surface area contributed by atoms with Crippen molar-refractivity contribution in [2.75, 3.05) is 0 Å². The van der Waals surface area contributed by atoms with Crippen molar-refractivity contribution >= 4 is 17.0 Å². The maximum absolute atomic E-state index is 10.7. The Labute approximate surface area is 114 Å². The molecule has 5 heteroatoms. The molecule has 0 bridgehead atoms. The molecular weight excluding hydrogens is 254 g/mol. The summed E-state index contributed by atoms with van der Waals surface area (Å²) < 4.78 is 0. The fourth-order valence-corrected chi connectivity index (χ4v) is 1.98. The summed E-state index contributed by atoms with van der Waals surface area (Å²) in [6.07, 6.45) is 0. The Bertz CT molecular complexity index is 842. The number of imidazole rings is 1. The average Bonchev–Trinajstić information content (AvgIpc) is 2.90. The van der Waals surface area contributed by atoms with Gasteiger partial charge in [0.1, 0.15) is 5.82 Å². The van der Waals surface area contributed by atoms with Crippen molar-refractivity contribution in [2.45, 2.75) is 0 Å². The van der Waals surface area contributed by atoms with E-state index in [1.54, 1.807) is 30.3 Å². The van der Waals surface area contributed by atoms with Crippen molar-refractivity contribution in [2.24, 2.45) is 0 Å². The van der Waals surface area contributed by atoms with E-state index in [1.807, 2.05) is 0 Å². The number of hydrogen-bond donors (Lipinski definition) is 1. The number of carbonyl (C=O) groups excluding carboxylic acids is 1. The van der Waals surface area contributed by atoms with E-state index in [9.17, 15) is 9.90 Å². The number of hydrogen-bond acceptors (Lipinski definition) is 4. The molecule has 0 saturated heterocycles. The van der Waals surface area contributed by atoms with Crippen molar-refractivity contribution in [1.82, 2.24) is 9.97 Å². The number of carboxylic acid groups (broad SMARTS) is 1. The SMILES string of the molecule is N#Cc1ccc2nc(-c3ccc(C(=O)[O-])cc3)[nH]c2c1. The van der Waals surface area contributed by atoms with Crippen LogP contribution in [0, 0.1) is 11.3 Å². The lowest BCUT2D eigenvalue weighted by atomic mass is 10.1. The maximum Gasteiger partial charge on any atom is 0.138 e. The van der Waals surface area contributed by atoms with E-state index in [2.05, 4.69) is 16.0 Å². The molecule has 3 aromatic rings. The molecule has 1 aromatic heterocycles. The molecule has 0 aliphatic heterocycles. The molecule has 0 unspecified atom stereocenters. The van der Waals surface area contributed by atoms with Crippen molar-refractivity contribution in [3.05, 3.63) is 53.6 Å². The second-order valence-electron chi connectivity index (χ2n) is 4.29. The summed E-state index contributed by atoms with van der Waals surface area (Å²) in [7, 11) is 0. The third kappa shape index (κ3) is 1.99. The average molecular weight is 262 g/mol. The van der Waals surface area contributed by atoms with Gasteiger partial charge in [-0.1, -0.05) is 24.3 Å². The highest BCUT2D eigenvalue weighted by molar-refractivity contribution is 5.87. The number of rotatable bonds is 2. The van der Waals surface area contributed by atoms with Crippen LogP contribution in [0.1, 0.15) is 15.9 Å². The summed E-state index contributed by atoms with van der Waals surface area (Å²) in [6, 6.07) is 13.5. The zero-order valence-electron chi connectivity index (χ0n) is 10.3. The molecule has 0 aliphatic rings. The fourth-order valence-electron chi connectivity index (χ4n) is 1.98. The molecule has 2 aromatic carbocycles. The van der Waals surface area contributed by atoms with Gasteiger partial charge in [-0.15, -0.1) is 0 Å². The second-order valence-corrected chi connectivity index (χ2v) is 4.29. The molecule has 3 rings (SSSR count). The number of benzene rings is 2. The van der Waals surface area contributed by atoms with Crippen LogP contribution >= 0.6 is 0 Å². The number of carbonyl (C=O) groups is 1. The summed E-state index contributed by atoms with van der Waals surface area (Å²) in [5, 5.41) is 19.6. The Balaban J connectivity index is 2.05. The first kappa shape index (κ1) is 11.9. The molecule has 1 heterocycles. The molecule has 0 atom stereocenters. The summed E-state index contributed by atoms with van der Waals surface area (Å²) >= 11 is 0. The van der Waals surface area contributed by atoms with E-state index in [0.29, 0.717) is 11.4 Å². The molecule has 0 radical (unpaired) electrons. The van der Waals surface area contributed by atoms with Gasteiger partial charge in [0, 0.05) is 5.56 Å². The van der Waals surface area contributed by atoms with Crippen LogP contribution in [0.4, 0.5) is 0 Å². The topological polar surface area (TPSA) is 92.6 Å². The van der Waals surface area contributed by atoms with Gasteiger partial charge < -0.3 is 14.9 Å². The summed E-state index contributed by atoms with van der Waals surface area (Å²) in [6.45, 7) is 0. The molecular formula is C15H8N3O2-. The van der Waals surface area contributed by atoms with Gasteiger partial charge in [0.25, 0.3) is 0 Å². The summed E-state index contributed by atoms with van der Waals surface area (Å²) in [5.41, 5.74) is 2.97. The van der Waals surface area contributed by atoms with Gasteiger partial charge in [-0.3, -0.25) is 0 Å². The maximum atomic E-state index is 10.7. The van der Waals surface area contributed by atoms with Crippen molar-refractivity contribution < 1.29 is 9.90 Å². The number of fused-ring (bicyclic) bond motifs is 1. The monoisotopic (exact) mass is 262 g/mol. The Morgan fingerprint density at radius 3 is 2.60 bits per heavy atom. The summed E-state index contributed by atoms with van der Waals surface area (Å²) in [4.78, 5) is 18.2. The van der Waals surface area contributed by atoms with Crippen molar-refractivity contribution in [3.8, 4) is 17.5 Å². The first-order valence-corrected chi connectivity index (χ1v) is 5.89. The predicted molar refractivity (Wildman–Crippen MR) is 70.6 cm³/mol. The van der Waals surface area contributed by atoms with E-state index in [1.165, 1.54) is 12.1 Å². The highest BCUT2D eigenvalue weighted by Crippen LogP contribution is 2.21. The zero-order chi connectivity index (χ0) is 14.1. The Hall–Kier alpha value is -3.13.